The lowest BCUT2D eigenvalue weighted by Crippen LogP contribution is -2.28. The zero-order valence-electron chi connectivity index (χ0n) is 18.0. The number of carbonyl (C=O) groups is 1. The topological polar surface area (TPSA) is 71.4 Å². The molecule has 1 unspecified atom stereocenters. The molecule has 0 spiro atoms. The zero-order valence-corrected chi connectivity index (χ0v) is 18.0. The van der Waals surface area contributed by atoms with Gasteiger partial charge in [-0.3, -0.25) is 9.89 Å². The predicted octanol–water partition coefficient (Wildman–Crippen LogP) is 5.59. The second-order valence-corrected chi connectivity index (χ2v) is 7.91. The van der Waals surface area contributed by atoms with Gasteiger partial charge in [0.25, 0.3) is 5.91 Å². The number of hydrogen-bond acceptors (Lipinski definition) is 4. The minimum absolute atomic E-state index is 0.0839. The second kappa shape index (κ2) is 8.75. The van der Waals surface area contributed by atoms with Crippen LogP contribution in [0, 0.1) is 0 Å². The highest BCUT2D eigenvalue weighted by Crippen LogP contribution is 2.43. The van der Waals surface area contributed by atoms with Gasteiger partial charge in [0.1, 0.15) is 17.2 Å². The molecule has 3 heterocycles. The number of hydrogen-bond donors (Lipinski definition) is 1. The maximum atomic E-state index is 13.4. The number of unbranched alkanes of at least 4 members (excludes halogenated alkanes) is 1. The van der Waals surface area contributed by atoms with Crippen molar-refractivity contribution in [3.05, 3.63) is 95.6 Å². The number of H-pyrrole nitrogens is 1. The molecule has 1 atom stereocenters. The maximum absolute atomic E-state index is 13.4. The molecular weight excluding hydrogens is 402 g/mol. The zero-order chi connectivity index (χ0) is 21.9. The van der Waals surface area contributed by atoms with Crippen molar-refractivity contribution in [3.63, 3.8) is 0 Å². The van der Waals surface area contributed by atoms with Gasteiger partial charge in [-0.25, -0.2) is 0 Å². The van der Waals surface area contributed by atoms with Crippen molar-refractivity contribution in [3.8, 4) is 17.0 Å². The summed E-state index contributed by atoms with van der Waals surface area (Å²) in [4.78, 5) is 15.2. The molecule has 0 saturated heterocycles. The fourth-order valence-electron chi connectivity index (χ4n) is 4.17. The van der Waals surface area contributed by atoms with Crippen molar-refractivity contribution in [2.24, 2.45) is 0 Å². The summed E-state index contributed by atoms with van der Waals surface area (Å²) in [5.41, 5.74) is 4.20. The van der Waals surface area contributed by atoms with Crippen molar-refractivity contribution >= 4 is 5.91 Å². The summed E-state index contributed by atoms with van der Waals surface area (Å²) in [5, 5.41) is 7.51. The number of rotatable bonds is 8. The van der Waals surface area contributed by atoms with Crippen LogP contribution in [0.5, 0.6) is 5.75 Å². The van der Waals surface area contributed by atoms with E-state index in [1.54, 1.807) is 6.26 Å². The van der Waals surface area contributed by atoms with E-state index in [9.17, 15) is 4.79 Å². The van der Waals surface area contributed by atoms with Crippen LogP contribution in [0.2, 0.25) is 0 Å². The molecule has 0 bridgehead atoms. The fraction of sp³-hybridized carbons (Fsp3) is 0.231. The van der Waals surface area contributed by atoms with Crippen molar-refractivity contribution in [2.75, 3.05) is 6.61 Å². The van der Waals surface area contributed by atoms with Crippen LogP contribution >= 0.6 is 0 Å². The highest BCUT2D eigenvalue weighted by molar-refractivity contribution is 6.00. The van der Waals surface area contributed by atoms with Crippen LogP contribution < -0.4 is 4.74 Å². The van der Waals surface area contributed by atoms with Gasteiger partial charge in [-0.1, -0.05) is 55.8 Å². The number of fused-ring (bicyclic) bond motifs is 1. The Morgan fingerprint density at radius 3 is 2.59 bits per heavy atom. The Labute approximate surface area is 186 Å². The van der Waals surface area contributed by atoms with E-state index >= 15 is 0 Å². The minimum atomic E-state index is -0.277. The second-order valence-electron chi connectivity index (χ2n) is 7.91. The van der Waals surface area contributed by atoms with Crippen molar-refractivity contribution < 1.29 is 13.9 Å². The molecule has 1 amide bonds. The number of nitrogens with zero attached hydrogens (tertiary/aromatic N) is 2. The Bertz CT molecular complexity index is 1180. The quantitative estimate of drug-likeness (QED) is 0.372. The number of furan rings is 1. The number of benzene rings is 2. The summed E-state index contributed by atoms with van der Waals surface area (Å²) in [6.07, 6.45) is 3.74. The normalized spacial score (nSPS) is 15.2. The number of amides is 1. The molecule has 1 aliphatic heterocycles. The van der Waals surface area contributed by atoms with E-state index in [0.29, 0.717) is 18.8 Å². The molecule has 0 saturated carbocycles. The smallest absolute Gasteiger partial charge is 0.273 e. The van der Waals surface area contributed by atoms with Gasteiger partial charge in [-0.15, -0.1) is 0 Å². The Morgan fingerprint density at radius 2 is 1.88 bits per heavy atom. The van der Waals surface area contributed by atoms with Gasteiger partial charge in [0.2, 0.25) is 0 Å². The number of carbonyl (C=O) groups excluding carboxylic acids is 1. The van der Waals surface area contributed by atoms with Gasteiger partial charge in [0.05, 0.1) is 31.2 Å². The molecule has 0 radical (unpaired) electrons. The van der Waals surface area contributed by atoms with Gasteiger partial charge in [0.15, 0.2) is 0 Å². The molecular formula is C26H25N3O3. The van der Waals surface area contributed by atoms with Gasteiger partial charge in [0, 0.05) is 11.1 Å². The summed E-state index contributed by atoms with van der Waals surface area (Å²) in [6, 6.07) is 21.4. The summed E-state index contributed by atoms with van der Waals surface area (Å²) in [6.45, 7) is 3.22. The number of aromatic amines is 1. The van der Waals surface area contributed by atoms with Crippen LogP contribution in [-0.2, 0) is 6.54 Å². The molecule has 1 N–H and O–H groups in total. The Balaban J connectivity index is 1.54. The van der Waals surface area contributed by atoms with Gasteiger partial charge in [-0.2, -0.15) is 5.10 Å². The first-order chi connectivity index (χ1) is 15.8. The van der Waals surface area contributed by atoms with E-state index < -0.39 is 0 Å². The number of aromatic nitrogens is 2. The number of nitrogens with one attached hydrogen (secondary N) is 1. The molecule has 32 heavy (non-hydrogen) atoms. The maximum Gasteiger partial charge on any atom is 0.273 e. The molecule has 1 aliphatic rings. The molecule has 162 valence electrons. The van der Waals surface area contributed by atoms with Crippen LogP contribution in [-0.4, -0.2) is 27.6 Å². The monoisotopic (exact) mass is 427 g/mol. The van der Waals surface area contributed by atoms with E-state index in [-0.39, 0.29) is 11.9 Å². The molecule has 0 fully saturated rings. The van der Waals surface area contributed by atoms with Crippen molar-refractivity contribution in [2.45, 2.75) is 32.4 Å². The average Bonchev–Trinajstić information content (AvgIpc) is 3.55. The van der Waals surface area contributed by atoms with Gasteiger partial charge < -0.3 is 14.1 Å². The average molecular weight is 428 g/mol. The third-order valence-corrected chi connectivity index (χ3v) is 5.78. The molecule has 6 nitrogen and oxygen atoms in total. The molecule has 2 aromatic heterocycles. The van der Waals surface area contributed by atoms with Gasteiger partial charge >= 0.3 is 0 Å². The first-order valence-electron chi connectivity index (χ1n) is 11.0. The van der Waals surface area contributed by atoms with Crippen LogP contribution in [0.1, 0.15) is 53.2 Å². The highest BCUT2D eigenvalue weighted by Gasteiger charge is 2.42. The first-order valence-corrected chi connectivity index (χ1v) is 11.0. The molecule has 4 aromatic rings. The van der Waals surface area contributed by atoms with Crippen LogP contribution in [0.25, 0.3) is 11.3 Å². The number of ether oxygens (including phenoxy) is 1. The van der Waals surface area contributed by atoms with E-state index in [4.69, 9.17) is 9.15 Å². The molecule has 0 aliphatic carbocycles. The van der Waals surface area contributed by atoms with E-state index in [0.717, 1.165) is 46.7 Å². The lowest BCUT2D eigenvalue weighted by Gasteiger charge is -2.25. The predicted molar refractivity (Wildman–Crippen MR) is 121 cm³/mol. The minimum Gasteiger partial charge on any atom is -0.494 e. The molecule has 6 heteroatoms. The van der Waals surface area contributed by atoms with E-state index in [1.165, 1.54) is 0 Å². The summed E-state index contributed by atoms with van der Waals surface area (Å²) < 4.78 is 11.4. The Hall–Kier alpha value is -3.80. The van der Waals surface area contributed by atoms with E-state index in [1.807, 2.05) is 71.6 Å². The Kier molecular flexibility index (Phi) is 5.50. The first kappa shape index (κ1) is 20.1. The third-order valence-electron chi connectivity index (χ3n) is 5.78. The molecule has 5 rings (SSSR count). The highest BCUT2D eigenvalue weighted by atomic mass is 16.5. The summed E-state index contributed by atoms with van der Waals surface area (Å²) in [7, 11) is 0. The van der Waals surface area contributed by atoms with Crippen LogP contribution in [0.4, 0.5) is 0 Å². The van der Waals surface area contributed by atoms with Crippen LogP contribution in [0.15, 0.2) is 77.4 Å². The van der Waals surface area contributed by atoms with Crippen molar-refractivity contribution in [1.29, 1.82) is 0 Å². The van der Waals surface area contributed by atoms with E-state index in [2.05, 4.69) is 17.1 Å². The summed E-state index contributed by atoms with van der Waals surface area (Å²) in [5.74, 6) is 1.49. The van der Waals surface area contributed by atoms with Crippen molar-refractivity contribution in [1.82, 2.24) is 15.1 Å². The largest absolute Gasteiger partial charge is 0.494 e. The van der Waals surface area contributed by atoms with Crippen LogP contribution in [0.3, 0.4) is 0 Å². The standard InChI is InChI=1S/C26H25N3O3/c1-2-3-15-31-20-13-11-19(12-14-20)25-22-23(18-8-5-4-6-9-18)27-28-24(22)26(30)29(25)17-21-10-7-16-32-21/h4-14,16,25H,2-3,15,17H2,1H3,(H,27,28). The SMILES string of the molecule is CCCCOc1ccc(C2c3c(-c4ccccc4)n[nH]c3C(=O)N2Cc2ccco2)cc1. The fourth-order valence-corrected chi connectivity index (χ4v) is 4.17. The lowest BCUT2D eigenvalue weighted by molar-refractivity contribution is 0.0717. The third kappa shape index (κ3) is 3.68. The Morgan fingerprint density at radius 1 is 1.06 bits per heavy atom. The van der Waals surface area contributed by atoms with Gasteiger partial charge in [-0.05, 0) is 36.2 Å². The lowest BCUT2D eigenvalue weighted by atomic mass is 9.96. The summed E-state index contributed by atoms with van der Waals surface area (Å²) >= 11 is 0. The molecule has 2 aromatic carbocycles.